The minimum Gasteiger partial charge on any atom is -0.475 e. The van der Waals surface area contributed by atoms with Crippen LogP contribution in [0, 0.1) is 5.92 Å². The van der Waals surface area contributed by atoms with Gasteiger partial charge in [-0.05, 0) is 5.92 Å². The minimum atomic E-state index is -5.08. The molecule has 0 saturated carbocycles. The number of likely N-dealkylation sites (N-methyl/N-ethyl adjacent to an activating group) is 1. The molecule has 0 bridgehead atoms. The summed E-state index contributed by atoms with van der Waals surface area (Å²) < 4.78 is 36.4. The third kappa shape index (κ3) is 8.45. The number of carbonyl (C=O) groups excluding carboxylic acids is 2. The number of carbonyl (C=O) groups is 3. The van der Waals surface area contributed by atoms with Crippen LogP contribution >= 0.6 is 0 Å². The van der Waals surface area contributed by atoms with Gasteiger partial charge in [0.05, 0.1) is 7.11 Å². The van der Waals surface area contributed by atoms with E-state index in [1.807, 2.05) is 13.8 Å². The Labute approximate surface area is 126 Å². The van der Waals surface area contributed by atoms with E-state index in [0.29, 0.717) is 0 Å². The van der Waals surface area contributed by atoms with E-state index in [1.165, 1.54) is 12.0 Å². The maximum atomic E-state index is 11.5. The van der Waals surface area contributed by atoms with Crippen molar-refractivity contribution in [3.8, 4) is 0 Å². The van der Waals surface area contributed by atoms with Crippen LogP contribution in [0.2, 0.25) is 0 Å². The molecule has 0 unspecified atom stereocenters. The normalized spacial score (nSPS) is 12.0. The van der Waals surface area contributed by atoms with Crippen LogP contribution in [0.25, 0.3) is 0 Å². The number of alkyl halides is 3. The first-order valence-corrected chi connectivity index (χ1v) is 6.23. The van der Waals surface area contributed by atoms with Crippen LogP contribution in [0.4, 0.5) is 13.2 Å². The Bertz CT molecular complexity index is 385. The third-order valence-electron chi connectivity index (χ3n) is 2.49. The standard InChI is InChI=1S/C10H20N2O3.C2HF3O2/c1-7(2)9(10(14)15-4)12(3)8(13)5-6-11;3-2(4,5)1(6)7/h7,9H,5-6,11H2,1-4H3;(H,6,7)/t9-;/m0./s1. The van der Waals surface area contributed by atoms with Crippen LogP contribution in [-0.4, -0.2) is 60.8 Å². The van der Waals surface area contributed by atoms with E-state index < -0.39 is 24.2 Å². The molecule has 0 aromatic carbocycles. The van der Waals surface area contributed by atoms with Gasteiger partial charge >= 0.3 is 18.1 Å². The fraction of sp³-hybridized carbons (Fsp3) is 0.750. The fourth-order valence-electron chi connectivity index (χ4n) is 1.45. The van der Waals surface area contributed by atoms with Crippen LogP contribution in [0.15, 0.2) is 0 Å². The molecule has 0 aromatic rings. The van der Waals surface area contributed by atoms with Gasteiger partial charge in [0.1, 0.15) is 6.04 Å². The van der Waals surface area contributed by atoms with Crippen molar-refractivity contribution in [3.05, 3.63) is 0 Å². The van der Waals surface area contributed by atoms with Gasteiger partial charge in [0.25, 0.3) is 0 Å². The van der Waals surface area contributed by atoms with Crippen molar-refractivity contribution >= 4 is 17.8 Å². The second kappa shape index (κ2) is 9.98. The highest BCUT2D eigenvalue weighted by Gasteiger charge is 2.38. The lowest BCUT2D eigenvalue weighted by molar-refractivity contribution is -0.192. The zero-order valence-corrected chi connectivity index (χ0v) is 12.8. The van der Waals surface area contributed by atoms with E-state index >= 15 is 0 Å². The van der Waals surface area contributed by atoms with Crippen molar-refractivity contribution in [2.24, 2.45) is 11.7 Å². The van der Waals surface area contributed by atoms with Crippen LogP contribution < -0.4 is 5.73 Å². The van der Waals surface area contributed by atoms with Gasteiger partial charge in [-0.1, -0.05) is 13.8 Å². The highest BCUT2D eigenvalue weighted by molar-refractivity contribution is 5.84. The first-order chi connectivity index (χ1) is 9.89. The number of carboxylic acids is 1. The van der Waals surface area contributed by atoms with Gasteiger partial charge in [-0.15, -0.1) is 0 Å². The molecule has 7 nitrogen and oxygen atoms in total. The molecule has 0 aliphatic carbocycles. The third-order valence-corrected chi connectivity index (χ3v) is 2.49. The smallest absolute Gasteiger partial charge is 0.475 e. The number of rotatable bonds is 5. The lowest BCUT2D eigenvalue weighted by Crippen LogP contribution is -2.46. The van der Waals surface area contributed by atoms with Crippen LogP contribution in [-0.2, 0) is 19.1 Å². The number of amides is 1. The summed E-state index contributed by atoms with van der Waals surface area (Å²) in [6.45, 7) is 4.02. The van der Waals surface area contributed by atoms with Crippen molar-refractivity contribution < 1.29 is 37.4 Å². The monoisotopic (exact) mass is 330 g/mol. The zero-order chi connectivity index (χ0) is 18.1. The predicted molar refractivity (Wildman–Crippen MR) is 70.8 cm³/mol. The Kier molecular flexibility index (Phi) is 10.2. The van der Waals surface area contributed by atoms with Gasteiger partial charge in [0.15, 0.2) is 0 Å². The quantitative estimate of drug-likeness (QED) is 0.715. The summed E-state index contributed by atoms with van der Waals surface area (Å²) in [5.41, 5.74) is 5.29. The molecular formula is C12H21F3N2O5. The van der Waals surface area contributed by atoms with E-state index in [-0.39, 0.29) is 24.8 Å². The highest BCUT2D eigenvalue weighted by Crippen LogP contribution is 2.13. The lowest BCUT2D eigenvalue weighted by atomic mass is 10.0. The minimum absolute atomic E-state index is 0.0178. The summed E-state index contributed by atoms with van der Waals surface area (Å²) in [6, 6.07) is -0.533. The Morgan fingerprint density at radius 1 is 1.27 bits per heavy atom. The van der Waals surface area contributed by atoms with E-state index in [1.54, 1.807) is 7.05 Å². The summed E-state index contributed by atoms with van der Waals surface area (Å²) in [5.74, 6) is -3.27. The molecular weight excluding hydrogens is 309 g/mol. The molecule has 22 heavy (non-hydrogen) atoms. The Hall–Kier alpha value is -1.84. The average molecular weight is 330 g/mol. The molecule has 0 radical (unpaired) electrons. The molecule has 0 fully saturated rings. The molecule has 10 heteroatoms. The summed E-state index contributed by atoms with van der Waals surface area (Å²) in [5, 5.41) is 7.12. The second-order valence-electron chi connectivity index (χ2n) is 4.56. The molecule has 0 heterocycles. The number of esters is 1. The lowest BCUT2D eigenvalue weighted by Gasteiger charge is -2.28. The van der Waals surface area contributed by atoms with Gasteiger partial charge < -0.3 is 20.5 Å². The maximum absolute atomic E-state index is 11.5. The molecule has 1 atom stereocenters. The Balaban J connectivity index is 0. The SMILES string of the molecule is COC(=O)[C@H](C(C)C)N(C)C(=O)CCN.O=C(O)C(F)(F)F. The van der Waals surface area contributed by atoms with E-state index in [0.717, 1.165) is 0 Å². The number of hydrogen-bond acceptors (Lipinski definition) is 5. The fourth-order valence-corrected chi connectivity index (χ4v) is 1.45. The van der Waals surface area contributed by atoms with Crippen molar-refractivity contribution in [2.75, 3.05) is 20.7 Å². The number of nitrogens with zero attached hydrogens (tertiary/aromatic N) is 1. The van der Waals surface area contributed by atoms with Crippen LogP contribution in [0.1, 0.15) is 20.3 Å². The summed E-state index contributed by atoms with van der Waals surface area (Å²) >= 11 is 0. The second-order valence-corrected chi connectivity index (χ2v) is 4.56. The highest BCUT2D eigenvalue weighted by atomic mass is 19.4. The van der Waals surface area contributed by atoms with Crippen LogP contribution in [0.3, 0.4) is 0 Å². The average Bonchev–Trinajstić information content (AvgIpc) is 2.37. The molecule has 0 spiro atoms. The van der Waals surface area contributed by atoms with Crippen molar-refractivity contribution in [1.29, 1.82) is 0 Å². The predicted octanol–water partition coefficient (Wildman–Crippen LogP) is 0.624. The van der Waals surface area contributed by atoms with E-state index in [2.05, 4.69) is 4.74 Å². The number of halogens is 3. The Morgan fingerprint density at radius 3 is 1.91 bits per heavy atom. The maximum Gasteiger partial charge on any atom is 0.490 e. The van der Waals surface area contributed by atoms with Crippen molar-refractivity contribution in [1.82, 2.24) is 4.90 Å². The zero-order valence-electron chi connectivity index (χ0n) is 12.8. The number of methoxy groups -OCH3 is 1. The van der Waals surface area contributed by atoms with Crippen LogP contribution in [0.5, 0.6) is 0 Å². The van der Waals surface area contributed by atoms with Crippen molar-refractivity contribution in [3.63, 3.8) is 0 Å². The van der Waals surface area contributed by atoms with Gasteiger partial charge in [-0.2, -0.15) is 13.2 Å². The van der Waals surface area contributed by atoms with Crippen molar-refractivity contribution in [2.45, 2.75) is 32.5 Å². The van der Waals surface area contributed by atoms with E-state index in [9.17, 15) is 22.8 Å². The first kappa shape index (κ1) is 22.4. The van der Waals surface area contributed by atoms with Gasteiger partial charge in [0, 0.05) is 20.0 Å². The molecule has 0 rings (SSSR count). The summed E-state index contributed by atoms with van der Waals surface area (Å²) in [6.07, 6.45) is -4.84. The number of carboxylic acid groups (broad SMARTS) is 1. The number of aliphatic carboxylic acids is 1. The number of nitrogens with two attached hydrogens (primary N) is 1. The van der Waals surface area contributed by atoms with Gasteiger partial charge in [-0.3, -0.25) is 4.79 Å². The Morgan fingerprint density at radius 2 is 1.68 bits per heavy atom. The first-order valence-electron chi connectivity index (χ1n) is 6.23. The van der Waals surface area contributed by atoms with E-state index in [4.69, 9.17) is 15.6 Å². The molecule has 1 amide bonds. The summed E-state index contributed by atoms with van der Waals surface area (Å²) in [7, 11) is 2.92. The molecule has 0 saturated heterocycles. The molecule has 130 valence electrons. The number of ether oxygens (including phenoxy) is 1. The summed E-state index contributed by atoms with van der Waals surface area (Å²) in [4.78, 5) is 33.3. The molecule has 0 aliphatic heterocycles. The molecule has 3 N–H and O–H groups in total. The van der Waals surface area contributed by atoms with Gasteiger partial charge in [-0.25, -0.2) is 9.59 Å². The largest absolute Gasteiger partial charge is 0.490 e. The number of hydrogen-bond donors (Lipinski definition) is 2. The molecule has 0 aromatic heterocycles. The topological polar surface area (TPSA) is 110 Å². The molecule has 0 aliphatic rings. The van der Waals surface area contributed by atoms with Gasteiger partial charge in [0.2, 0.25) is 5.91 Å².